The van der Waals surface area contributed by atoms with Crippen LogP contribution in [0.3, 0.4) is 0 Å². The van der Waals surface area contributed by atoms with Gasteiger partial charge in [-0.1, -0.05) is 12.1 Å². The van der Waals surface area contributed by atoms with Crippen molar-refractivity contribution in [2.45, 2.75) is 6.54 Å². The van der Waals surface area contributed by atoms with Crippen molar-refractivity contribution in [3.8, 4) is 0 Å². The van der Waals surface area contributed by atoms with E-state index in [1.807, 2.05) is 0 Å². The van der Waals surface area contributed by atoms with Crippen molar-refractivity contribution in [3.63, 3.8) is 0 Å². The zero-order valence-corrected chi connectivity index (χ0v) is 11.7. The Labute approximate surface area is 126 Å². The first kappa shape index (κ1) is 15.5. The van der Waals surface area contributed by atoms with E-state index in [1.54, 1.807) is 24.3 Å². The fourth-order valence-electron chi connectivity index (χ4n) is 1.69. The van der Waals surface area contributed by atoms with E-state index in [9.17, 15) is 14.0 Å². The van der Waals surface area contributed by atoms with E-state index in [4.69, 9.17) is 10.5 Å². The highest BCUT2D eigenvalue weighted by atomic mass is 19.1. The molecular weight excluding hydrogens is 287 g/mol. The number of nitrogens with one attached hydrogen (secondary N) is 1. The lowest BCUT2D eigenvalue weighted by Crippen LogP contribution is -2.28. The lowest BCUT2D eigenvalue weighted by molar-refractivity contribution is -0.124. The zero-order valence-electron chi connectivity index (χ0n) is 11.7. The predicted molar refractivity (Wildman–Crippen MR) is 79.4 cm³/mol. The lowest BCUT2D eigenvalue weighted by atomic mass is 10.2. The average Bonchev–Trinajstić information content (AvgIpc) is 2.52. The summed E-state index contributed by atoms with van der Waals surface area (Å²) in [5.74, 6) is -1.38. The maximum Gasteiger partial charge on any atom is 0.338 e. The van der Waals surface area contributed by atoms with Crippen LogP contribution < -0.4 is 11.1 Å². The quantitative estimate of drug-likeness (QED) is 0.652. The molecule has 0 saturated heterocycles. The van der Waals surface area contributed by atoms with Gasteiger partial charge in [-0.3, -0.25) is 4.79 Å². The Hall–Kier alpha value is -2.89. The molecule has 0 saturated carbocycles. The lowest BCUT2D eigenvalue weighted by Gasteiger charge is -2.07. The molecule has 22 heavy (non-hydrogen) atoms. The number of benzene rings is 2. The van der Waals surface area contributed by atoms with Crippen molar-refractivity contribution >= 4 is 17.6 Å². The number of rotatable bonds is 5. The molecule has 0 unspecified atom stereocenters. The molecule has 0 aromatic heterocycles. The number of hydrogen-bond acceptors (Lipinski definition) is 4. The summed E-state index contributed by atoms with van der Waals surface area (Å²) in [4.78, 5) is 23.3. The smallest absolute Gasteiger partial charge is 0.338 e. The van der Waals surface area contributed by atoms with Crippen LogP contribution in [0.15, 0.2) is 48.5 Å². The second-order valence-electron chi connectivity index (χ2n) is 4.60. The molecular formula is C16H15FN2O3. The minimum atomic E-state index is -0.600. The summed E-state index contributed by atoms with van der Waals surface area (Å²) in [7, 11) is 0. The average molecular weight is 302 g/mol. The number of amides is 1. The molecule has 0 atom stereocenters. The van der Waals surface area contributed by atoms with E-state index >= 15 is 0 Å². The Morgan fingerprint density at radius 2 is 1.68 bits per heavy atom. The van der Waals surface area contributed by atoms with Gasteiger partial charge >= 0.3 is 5.97 Å². The summed E-state index contributed by atoms with van der Waals surface area (Å²) >= 11 is 0. The van der Waals surface area contributed by atoms with Gasteiger partial charge in [0, 0.05) is 12.2 Å². The first-order chi connectivity index (χ1) is 10.5. The number of anilines is 1. The van der Waals surface area contributed by atoms with E-state index in [1.165, 1.54) is 24.3 Å². The van der Waals surface area contributed by atoms with E-state index < -0.39 is 11.9 Å². The van der Waals surface area contributed by atoms with Crippen molar-refractivity contribution in [3.05, 3.63) is 65.5 Å². The number of ether oxygens (including phenoxy) is 1. The van der Waals surface area contributed by atoms with Crippen molar-refractivity contribution in [1.82, 2.24) is 5.32 Å². The number of halogens is 1. The van der Waals surface area contributed by atoms with Crippen LogP contribution in [0, 0.1) is 5.82 Å². The van der Waals surface area contributed by atoms with Gasteiger partial charge in [-0.25, -0.2) is 9.18 Å². The third-order valence-electron chi connectivity index (χ3n) is 2.88. The highest BCUT2D eigenvalue weighted by molar-refractivity contribution is 5.91. The van der Waals surface area contributed by atoms with Gasteiger partial charge in [0.05, 0.1) is 5.56 Å². The normalized spacial score (nSPS) is 10.0. The Morgan fingerprint density at radius 1 is 1.05 bits per heavy atom. The van der Waals surface area contributed by atoms with Crippen LogP contribution in [0.25, 0.3) is 0 Å². The molecule has 5 nitrogen and oxygen atoms in total. The maximum absolute atomic E-state index is 12.7. The largest absolute Gasteiger partial charge is 0.452 e. The van der Waals surface area contributed by atoms with Crippen LogP contribution in [0.5, 0.6) is 0 Å². The first-order valence-electron chi connectivity index (χ1n) is 6.58. The Balaban J connectivity index is 1.76. The fraction of sp³-hybridized carbons (Fsp3) is 0.125. The molecule has 0 aliphatic rings. The second-order valence-corrected chi connectivity index (χ2v) is 4.60. The Morgan fingerprint density at radius 3 is 2.32 bits per heavy atom. The van der Waals surface area contributed by atoms with Crippen LogP contribution in [0.1, 0.15) is 15.9 Å². The molecule has 114 valence electrons. The van der Waals surface area contributed by atoms with Gasteiger partial charge in [-0.2, -0.15) is 0 Å². The standard InChI is InChI=1S/C16H15FN2O3/c17-13-5-1-11(2-6-13)9-19-15(20)10-22-16(21)12-3-7-14(18)8-4-12/h1-8H,9-10,18H2,(H,19,20). The van der Waals surface area contributed by atoms with Gasteiger partial charge < -0.3 is 15.8 Å². The van der Waals surface area contributed by atoms with Crippen LogP contribution in [-0.4, -0.2) is 18.5 Å². The van der Waals surface area contributed by atoms with E-state index in [-0.39, 0.29) is 19.0 Å². The van der Waals surface area contributed by atoms with Crippen molar-refractivity contribution in [1.29, 1.82) is 0 Å². The molecule has 0 heterocycles. The molecule has 6 heteroatoms. The Bertz CT molecular complexity index is 654. The number of nitrogens with two attached hydrogens (primary N) is 1. The van der Waals surface area contributed by atoms with Gasteiger partial charge in [0.1, 0.15) is 5.82 Å². The number of esters is 1. The summed E-state index contributed by atoms with van der Waals surface area (Å²) in [6.07, 6.45) is 0. The number of carbonyl (C=O) groups excluding carboxylic acids is 2. The van der Waals surface area contributed by atoms with E-state index in [0.29, 0.717) is 11.3 Å². The minimum Gasteiger partial charge on any atom is -0.452 e. The first-order valence-corrected chi connectivity index (χ1v) is 6.58. The molecule has 0 spiro atoms. The third-order valence-corrected chi connectivity index (χ3v) is 2.88. The molecule has 2 aromatic rings. The fourth-order valence-corrected chi connectivity index (χ4v) is 1.69. The van der Waals surface area contributed by atoms with Gasteiger partial charge in [0.25, 0.3) is 5.91 Å². The number of hydrogen-bond donors (Lipinski definition) is 2. The minimum absolute atomic E-state index is 0.235. The van der Waals surface area contributed by atoms with Gasteiger partial charge in [-0.15, -0.1) is 0 Å². The molecule has 1 amide bonds. The van der Waals surface area contributed by atoms with Crippen LogP contribution >= 0.6 is 0 Å². The van der Waals surface area contributed by atoms with Gasteiger partial charge in [-0.05, 0) is 42.0 Å². The predicted octanol–water partition coefficient (Wildman–Crippen LogP) is 1.88. The SMILES string of the molecule is Nc1ccc(C(=O)OCC(=O)NCc2ccc(F)cc2)cc1. The molecule has 0 aliphatic carbocycles. The molecule has 0 bridgehead atoms. The monoisotopic (exact) mass is 302 g/mol. The van der Waals surface area contributed by atoms with E-state index in [2.05, 4.69) is 5.32 Å². The molecule has 0 radical (unpaired) electrons. The molecule has 2 rings (SSSR count). The molecule has 3 N–H and O–H groups in total. The maximum atomic E-state index is 12.7. The van der Waals surface area contributed by atoms with Gasteiger partial charge in [0.15, 0.2) is 6.61 Å². The third kappa shape index (κ3) is 4.59. The summed E-state index contributed by atoms with van der Waals surface area (Å²) < 4.78 is 17.6. The van der Waals surface area contributed by atoms with Crippen LogP contribution in [0.4, 0.5) is 10.1 Å². The van der Waals surface area contributed by atoms with Gasteiger partial charge in [0.2, 0.25) is 0 Å². The van der Waals surface area contributed by atoms with Crippen LogP contribution in [0.2, 0.25) is 0 Å². The van der Waals surface area contributed by atoms with Crippen molar-refractivity contribution < 1.29 is 18.7 Å². The Kier molecular flexibility index (Phi) is 5.08. The number of carbonyl (C=O) groups is 2. The molecule has 0 fully saturated rings. The highest BCUT2D eigenvalue weighted by Gasteiger charge is 2.09. The molecule has 0 aliphatic heterocycles. The number of nitrogen functional groups attached to an aromatic ring is 1. The second kappa shape index (κ2) is 7.21. The summed E-state index contributed by atoms with van der Waals surface area (Å²) in [5, 5.41) is 2.58. The van der Waals surface area contributed by atoms with E-state index in [0.717, 1.165) is 5.56 Å². The van der Waals surface area contributed by atoms with Crippen molar-refractivity contribution in [2.24, 2.45) is 0 Å². The highest BCUT2D eigenvalue weighted by Crippen LogP contribution is 2.07. The van der Waals surface area contributed by atoms with Crippen LogP contribution in [-0.2, 0) is 16.1 Å². The zero-order chi connectivity index (χ0) is 15.9. The molecule has 2 aromatic carbocycles. The summed E-state index contributed by atoms with van der Waals surface area (Å²) in [6, 6.07) is 11.9. The topological polar surface area (TPSA) is 81.4 Å². The summed E-state index contributed by atoms with van der Waals surface area (Å²) in [6.45, 7) is -0.150. The summed E-state index contributed by atoms with van der Waals surface area (Å²) in [5.41, 5.74) is 7.12. The van der Waals surface area contributed by atoms with Crippen molar-refractivity contribution in [2.75, 3.05) is 12.3 Å².